The van der Waals surface area contributed by atoms with Gasteiger partial charge in [-0.25, -0.2) is 17.9 Å². The van der Waals surface area contributed by atoms with Gasteiger partial charge in [0.05, 0.1) is 25.2 Å². The number of hydrogen-bond donors (Lipinski definition) is 4. The van der Waals surface area contributed by atoms with Gasteiger partial charge in [-0.05, 0) is 0 Å². The van der Waals surface area contributed by atoms with Crippen molar-refractivity contribution in [3.63, 3.8) is 0 Å². The highest BCUT2D eigenvalue weighted by Crippen LogP contribution is 2.16. The fourth-order valence-electron chi connectivity index (χ4n) is 1.77. The maximum Gasteiger partial charge on any atom is 0.325 e. The minimum absolute atomic E-state index is 0.114. The number of carboxylic acids is 1. The third-order valence-corrected chi connectivity index (χ3v) is 4.27. The van der Waals surface area contributed by atoms with Crippen molar-refractivity contribution < 1.29 is 23.1 Å². The van der Waals surface area contributed by atoms with E-state index in [-0.39, 0.29) is 13.2 Å². The SMILES string of the molecule is O=C(O)C1COCC1NS(=O)(=O)c1c[nH]c(=O)[nH]c1=O. The van der Waals surface area contributed by atoms with Gasteiger partial charge in [0, 0.05) is 6.20 Å². The van der Waals surface area contributed by atoms with Gasteiger partial charge in [-0.3, -0.25) is 14.6 Å². The molecule has 0 radical (unpaired) electrons. The number of hydrogen-bond acceptors (Lipinski definition) is 6. The Morgan fingerprint density at radius 1 is 1.40 bits per heavy atom. The Bertz CT molecular complexity index is 734. The van der Waals surface area contributed by atoms with Crippen LogP contribution in [0.1, 0.15) is 0 Å². The molecule has 11 heteroatoms. The molecule has 1 aliphatic rings. The highest BCUT2D eigenvalue weighted by atomic mass is 32.2. The summed E-state index contributed by atoms with van der Waals surface area (Å²) in [6.45, 7) is -0.234. The zero-order chi connectivity index (χ0) is 14.9. The van der Waals surface area contributed by atoms with E-state index in [1.165, 1.54) is 0 Å². The molecule has 1 fully saturated rings. The van der Waals surface area contributed by atoms with Crippen LogP contribution >= 0.6 is 0 Å². The molecule has 2 rings (SSSR count). The summed E-state index contributed by atoms with van der Waals surface area (Å²) >= 11 is 0. The van der Waals surface area contributed by atoms with Crippen LogP contribution in [0.25, 0.3) is 0 Å². The summed E-state index contributed by atoms with van der Waals surface area (Å²) in [6.07, 6.45) is 0.745. The van der Waals surface area contributed by atoms with Crippen LogP contribution in [-0.2, 0) is 19.6 Å². The molecule has 20 heavy (non-hydrogen) atoms. The fourth-order valence-corrected chi connectivity index (χ4v) is 3.04. The van der Waals surface area contributed by atoms with Gasteiger partial charge < -0.3 is 14.8 Å². The third kappa shape index (κ3) is 2.79. The van der Waals surface area contributed by atoms with Crippen molar-refractivity contribution >= 4 is 16.0 Å². The van der Waals surface area contributed by atoms with Crippen molar-refractivity contribution in [1.82, 2.24) is 14.7 Å². The largest absolute Gasteiger partial charge is 0.481 e. The number of H-pyrrole nitrogens is 2. The van der Waals surface area contributed by atoms with Crippen molar-refractivity contribution in [2.45, 2.75) is 10.9 Å². The average molecular weight is 305 g/mol. The lowest BCUT2D eigenvalue weighted by atomic mass is 10.1. The van der Waals surface area contributed by atoms with Crippen molar-refractivity contribution in [3.8, 4) is 0 Å². The van der Waals surface area contributed by atoms with E-state index in [4.69, 9.17) is 9.84 Å². The number of ether oxygens (including phenoxy) is 1. The van der Waals surface area contributed by atoms with Crippen LogP contribution in [0.5, 0.6) is 0 Å². The molecule has 1 saturated heterocycles. The molecule has 10 nitrogen and oxygen atoms in total. The average Bonchev–Trinajstić information content (AvgIpc) is 2.75. The number of aromatic nitrogens is 2. The summed E-state index contributed by atoms with van der Waals surface area (Å²) in [5.74, 6) is -2.24. The number of carboxylic acid groups (broad SMARTS) is 1. The minimum Gasteiger partial charge on any atom is -0.481 e. The maximum absolute atomic E-state index is 12.0. The van der Waals surface area contributed by atoms with Crippen LogP contribution in [0.3, 0.4) is 0 Å². The molecule has 1 aromatic heterocycles. The van der Waals surface area contributed by atoms with Crippen LogP contribution in [0.4, 0.5) is 0 Å². The van der Waals surface area contributed by atoms with Gasteiger partial charge in [0.1, 0.15) is 0 Å². The van der Waals surface area contributed by atoms with Gasteiger partial charge >= 0.3 is 11.7 Å². The molecule has 0 aliphatic carbocycles. The fraction of sp³-hybridized carbons (Fsp3) is 0.444. The van der Waals surface area contributed by atoms with E-state index in [2.05, 4.69) is 4.72 Å². The van der Waals surface area contributed by atoms with E-state index in [0.717, 1.165) is 6.20 Å². The van der Waals surface area contributed by atoms with Crippen LogP contribution < -0.4 is 16.0 Å². The van der Waals surface area contributed by atoms with Crippen molar-refractivity contribution in [3.05, 3.63) is 27.0 Å². The maximum atomic E-state index is 12.0. The zero-order valence-corrected chi connectivity index (χ0v) is 10.8. The molecular formula is C9H11N3O7S. The predicted octanol–water partition coefficient (Wildman–Crippen LogP) is -2.56. The summed E-state index contributed by atoms with van der Waals surface area (Å²) < 4.78 is 31.0. The molecule has 2 unspecified atom stereocenters. The van der Waals surface area contributed by atoms with Gasteiger partial charge in [-0.2, -0.15) is 0 Å². The second-order valence-corrected chi connectivity index (χ2v) is 5.83. The Balaban J connectivity index is 2.30. The standard InChI is InChI=1S/C9H11N3O7S/c13-7-6(1-10-9(16)11-7)20(17,18)12-5-3-19-2-4(5)8(14)15/h1,4-5,12H,2-3H2,(H,14,15)(H2,10,11,13,16). The van der Waals surface area contributed by atoms with Crippen LogP contribution in [0.2, 0.25) is 0 Å². The predicted molar refractivity (Wildman–Crippen MR) is 63.7 cm³/mol. The van der Waals surface area contributed by atoms with Crippen molar-refractivity contribution in [2.24, 2.45) is 5.92 Å². The zero-order valence-electron chi connectivity index (χ0n) is 9.95. The summed E-state index contributed by atoms with van der Waals surface area (Å²) in [5, 5.41) is 8.91. The second kappa shape index (κ2) is 5.19. The molecule has 0 bridgehead atoms. The Morgan fingerprint density at radius 2 is 2.10 bits per heavy atom. The van der Waals surface area contributed by atoms with E-state index in [1.54, 1.807) is 4.98 Å². The monoisotopic (exact) mass is 305 g/mol. The van der Waals surface area contributed by atoms with Crippen LogP contribution in [0.15, 0.2) is 20.7 Å². The third-order valence-electron chi connectivity index (χ3n) is 2.78. The molecular weight excluding hydrogens is 294 g/mol. The normalized spacial score (nSPS) is 22.8. The van der Waals surface area contributed by atoms with Crippen molar-refractivity contribution in [2.75, 3.05) is 13.2 Å². The van der Waals surface area contributed by atoms with E-state index < -0.39 is 44.1 Å². The molecule has 0 spiro atoms. The molecule has 2 heterocycles. The Hall–Kier alpha value is -1.98. The summed E-state index contributed by atoms with van der Waals surface area (Å²) in [6, 6.07) is -0.983. The molecule has 2 atom stereocenters. The number of sulfonamides is 1. The number of aliphatic carboxylic acids is 1. The Morgan fingerprint density at radius 3 is 2.70 bits per heavy atom. The van der Waals surface area contributed by atoms with Crippen LogP contribution in [0, 0.1) is 5.92 Å². The molecule has 1 aromatic rings. The quantitative estimate of drug-likeness (QED) is 0.476. The van der Waals surface area contributed by atoms with E-state index >= 15 is 0 Å². The molecule has 1 aliphatic heterocycles. The molecule has 0 amide bonds. The first kappa shape index (κ1) is 14.4. The topological polar surface area (TPSA) is 158 Å². The second-order valence-electron chi connectivity index (χ2n) is 4.15. The van der Waals surface area contributed by atoms with Gasteiger partial charge in [0.2, 0.25) is 10.0 Å². The van der Waals surface area contributed by atoms with Gasteiger partial charge in [-0.15, -0.1) is 0 Å². The van der Waals surface area contributed by atoms with E-state index in [1.807, 2.05) is 4.98 Å². The number of rotatable bonds is 4. The van der Waals surface area contributed by atoms with Crippen molar-refractivity contribution in [1.29, 1.82) is 0 Å². The molecule has 110 valence electrons. The van der Waals surface area contributed by atoms with Gasteiger partial charge in [0.15, 0.2) is 4.90 Å². The lowest BCUT2D eigenvalue weighted by Crippen LogP contribution is -2.44. The first-order valence-corrected chi connectivity index (χ1v) is 6.94. The summed E-state index contributed by atoms with van der Waals surface area (Å²) in [7, 11) is -4.26. The smallest absolute Gasteiger partial charge is 0.325 e. The minimum atomic E-state index is -4.26. The van der Waals surface area contributed by atoms with E-state index in [9.17, 15) is 22.8 Å². The number of carbonyl (C=O) groups is 1. The number of nitrogens with one attached hydrogen (secondary N) is 3. The lowest BCUT2D eigenvalue weighted by molar-refractivity contribution is -0.142. The van der Waals surface area contributed by atoms with Crippen LogP contribution in [-0.4, -0.2) is 48.7 Å². The Labute approximate surface area is 111 Å². The van der Waals surface area contributed by atoms with Gasteiger partial charge in [-0.1, -0.05) is 0 Å². The van der Waals surface area contributed by atoms with E-state index in [0.29, 0.717) is 0 Å². The first-order chi connectivity index (χ1) is 9.31. The molecule has 0 aromatic carbocycles. The highest BCUT2D eigenvalue weighted by Gasteiger charge is 2.37. The lowest BCUT2D eigenvalue weighted by Gasteiger charge is -2.15. The summed E-state index contributed by atoms with van der Waals surface area (Å²) in [4.78, 5) is 36.3. The highest BCUT2D eigenvalue weighted by molar-refractivity contribution is 7.89. The molecule has 0 saturated carbocycles. The van der Waals surface area contributed by atoms with Gasteiger partial charge in [0.25, 0.3) is 5.56 Å². The Kier molecular flexibility index (Phi) is 3.74. The summed E-state index contributed by atoms with van der Waals surface area (Å²) in [5.41, 5.74) is -1.94. The molecule has 4 N–H and O–H groups in total. The first-order valence-electron chi connectivity index (χ1n) is 5.46. The number of aromatic amines is 2.